The summed E-state index contributed by atoms with van der Waals surface area (Å²) in [5, 5.41) is 9.07. The quantitative estimate of drug-likeness (QED) is 0.661. The summed E-state index contributed by atoms with van der Waals surface area (Å²) in [6.07, 6.45) is 5.66. The summed E-state index contributed by atoms with van der Waals surface area (Å²) >= 11 is 0. The van der Waals surface area contributed by atoms with Gasteiger partial charge in [-0.2, -0.15) is 0 Å². The molecule has 2 saturated carbocycles. The van der Waals surface area contributed by atoms with E-state index >= 15 is 0 Å². The molecule has 1 aromatic rings. The summed E-state index contributed by atoms with van der Waals surface area (Å²) in [5.41, 5.74) is 0.490. The fourth-order valence-corrected chi connectivity index (χ4v) is 5.45. The van der Waals surface area contributed by atoms with Crippen LogP contribution in [0.5, 0.6) is 0 Å². The zero-order chi connectivity index (χ0) is 21.5. The van der Waals surface area contributed by atoms with E-state index in [-0.39, 0.29) is 65.4 Å². The Morgan fingerprint density at radius 3 is 2.45 bits per heavy atom. The van der Waals surface area contributed by atoms with Gasteiger partial charge in [0.05, 0.1) is 12.0 Å². The van der Waals surface area contributed by atoms with Crippen LogP contribution in [0.25, 0.3) is 0 Å². The molecule has 0 bridgehead atoms. The Labute approximate surface area is 206 Å². The first-order valence-corrected chi connectivity index (χ1v) is 11.0. The van der Waals surface area contributed by atoms with Gasteiger partial charge in [-0.15, -0.1) is 0 Å². The van der Waals surface area contributed by atoms with Crippen molar-refractivity contribution in [1.29, 1.82) is 0 Å². The van der Waals surface area contributed by atoms with Crippen LogP contribution in [0, 0.1) is 11.7 Å². The Bertz CT molecular complexity index is 822. The number of nitrogens with zero attached hydrogens (tertiary/aromatic N) is 3. The second-order valence-electron chi connectivity index (χ2n) is 9.56. The number of carbonyl (C=O) groups excluding carboxylic acids is 1. The van der Waals surface area contributed by atoms with E-state index in [0.717, 1.165) is 37.8 Å². The number of hydrogen-bond donors (Lipinski definition) is 1. The van der Waals surface area contributed by atoms with E-state index in [9.17, 15) is 14.0 Å². The molecule has 0 unspecified atom stereocenters. The molecule has 1 N–H and O–H groups in total. The monoisotopic (exact) mass is 441 g/mol. The summed E-state index contributed by atoms with van der Waals surface area (Å²) in [5.74, 6) is -0.520. The van der Waals surface area contributed by atoms with E-state index in [2.05, 4.69) is 9.80 Å². The van der Waals surface area contributed by atoms with Crippen molar-refractivity contribution in [1.82, 2.24) is 14.7 Å². The van der Waals surface area contributed by atoms with Crippen molar-refractivity contribution < 1.29 is 19.1 Å². The maximum atomic E-state index is 14.0. The van der Waals surface area contributed by atoms with Crippen LogP contribution < -0.4 is 0 Å². The third-order valence-corrected chi connectivity index (χ3v) is 7.52. The van der Waals surface area contributed by atoms with E-state index in [0.29, 0.717) is 12.5 Å². The Kier molecular flexibility index (Phi) is 7.41. The zero-order valence-electron chi connectivity index (χ0n) is 17.9. The van der Waals surface area contributed by atoms with Crippen molar-refractivity contribution >= 4 is 41.6 Å². The van der Waals surface area contributed by atoms with Crippen LogP contribution in [-0.2, 0) is 10.3 Å². The van der Waals surface area contributed by atoms with E-state index < -0.39 is 5.97 Å². The Morgan fingerprint density at radius 1 is 1.23 bits per heavy atom. The number of rotatable bonds is 7. The molecule has 3 aliphatic rings. The molecule has 31 heavy (non-hydrogen) atoms. The van der Waals surface area contributed by atoms with Gasteiger partial charge in [0.1, 0.15) is 5.82 Å². The molecule has 2 amide bonds. The van der Waals surface area contributed by atoms with Crippen LogP contribution in [0.2, 0.25) is 0 Å². The fourth-order valence-electron chi connectivity index (χ4n) is 5.45. The normalized spacial score (nSPS) is 28.3. The Balaban J connectivity index is 0.00000272. The van der Waals surface area contributed by atoms with Gasteiger partial charge < -0.3 is 14.9 Å². The number of amides is 2. The summed E-state index contributed by atoms with van der Waals surface area (Å²) < 4.78 is 14.0. The van der Waals surface area contributed by atoms with Crippen molar-refractivity contribution in [3.05, 3.63) is 35.6 Å². The molecule has 6 nitrogen and oxygen atoms in total. The molecule has 1 aromatic carbocycles. The van der Waals surface area contributed by atoms with Crippen molar-refractivity contribution in [2.45, 2.75) is 56.0 Å². The third-order valence-electron chi connectivity index (χ3n) is 7.52. The number of carboxylic acid groups (broad SMARTS) is 1. The van der Waals surface area contributed by atoms with Crippen molar-refractivity contribution in [2.24, 2.45) is 5.92 Å². The number of hydrogen-bond acceptors (Lipinski definition) is 3. The zero-order valence-corrected chi connectivity index (χ0v) is 17.9. The van der Waals surface area contributed by atoms with Gasteiger partial charge in [-0.25, -0.2) is 9.18 Å². The second kappa shape index (κ2) is 9.38. The van der Waals surface area contributed by atoms with Gasteiger partial charge in [0.2, 0.25) is 0 Å². The summed E-state index contributed by atoms with van der Waals surface area (Å²) in [4.78, 5) is 30.2. The third kappa shape index (κ3) is 4.80. The number of carbonyl (C=O) groups is 2. The van der Waals surface area contributed by atoms with E-state index in [1.165, 1.54) is 18.9 Å². The summed E-state index contributed by atoms with van der Waals surface area (Å²) in [6.45, 7) is 1.63. The van der Waals surface area contributed by atoms with Crippen LogP contribution in [0.15, 0.2) is 24.3 Å². The molecule has 3 fully saturated rings. The fraction of sp³-hybridized carbons (Fsp3) is 0.652. The van der Waals surface area contributed by atoms with Gasteiger partial charge >= 0.3 is 41.6 Å². The molecule has 1 saturated heterocycles. The molecule has 1 spiro atoms. The number of urea groups is 1. The number of halogens is 1. The van der Waals surface area contributed by atoms with Gasteiger partial charge in [0, 0.05) is 25.2 Å². The number of benzene rings is 1. The molecule has 0 radical (unpaired) electrons. The molecule has 2 aliphatic carbocycles. The molecule has 0 aromatic heterocycles. The first kappa shape index (κ1) is 24.5. The standard InChI is InChI=1S/C23H32FN3O3.Na.H/c1-25(2)23(18-4-3-5-19(24)14-18)11-9-22(10-12-23)16-26(13-8-20(28)29)21(30)27(22)15-17-6-7-17;;/h3-5,14,17H,6-13,15-16H2,1-2H3,(H,28,29);;. The predicted octanol–water partition coefficient (Wildman–Crippen LogP) is 2.87. The maximum absolute atomic E-state index is 14.0. The minimum absolute atomic E-state index is 0. The number of aliphatic carboxylic acids is 1. The minimum atomic E-state index is -0.876. The van der Waals surface area contributed by atoms with Crippen LogP contribution in [0.4, 0.5) is 9.18 Å². The average Bonchev–Trinajstić information content (AvgIpc) is 3.49. The first-order valence-electron chi connectivity index (χ1n) is 11.0. The van der Waals surface area contributed by atoms with Crippen molar-refractivity contribution in [3.63, 3.8) is 0 Å². The van der Waals surface area contributed by atoms with Gasteiger partial charge in [-0.05, 0) is 76.2 Å². The van der Waals surface area contributed by atoms with E-state index in [4.69, 9.17) is 5.11 Å². The second-order valence-corrected chi connectivity index (χ2v) is 9.56. The molecular weight excluding hydrogens is 408 g/mol. The molecule has 1 heterocycles. The van der Waals surface area contributed by atoms with Crippen LogP contribution in [-0.4, -0.2) is 101 Å². The van der Waals surface area contributed by atoms with E-state index in [1.807, 2.05) is 20.2 Å². The Hall–Kier alpha value is -1.15. The predicted molar refractivity (Wildman–Crippen MR) is 119 cm³/mol. The van der Waals surface area contributed by atoms with Crippen LogP contribution >= 0.6 is 0 Å². The van der Waals surface area contributed by atoms with E-state index in [1.54, 1.807) is 17.0 Å². The van der Waals surface area contributed by atoms with Gasteiger partial charge in [-0.3, -0.25) is 9.69 Å². The number of carboxylic acids is 1. The van der Waals surface area contributed by atoms with Crippen LogP contribution in [0.1, 0.15) is 50.5 Å². The Morgan fingerprint density at radius 2 is 1.90 bits per heavy atom. The van der Waals surface area contributed by atoms with Crippen molar-refractivity contribution in [3.8, 4) is 0 Å². The van der Waals surface area contributed by atoms with Crippen LogP contribution in [0.3, 0.4) is 0 Å². The van der Waals surface area contributed by atoms with Gasteiger partial charge in [0.15, 0.2) is 0 Å². The summed E-state index contributed by atoms with van der Waals surface area (Å²) in [6, 6.07) is 6.88. The molecule has 166 valence electrons. The molecular formula is C23H33FN3NaO3. The van der Waals surface area contributed by atoms with Crippen molar-refractivity contribution in [2.75, 3.05) is 33.7 Å². The average molecular weight is 442 g/mol. The van der Waals surface area contributed by atoms with Gasteiger partial charge in [0.25, 0.3) is 0 Å². The first-order chi connectivity index (χ1) is 14.3. The molecule has 0 atom stereocenters. The molecule has 4 rings (SSSR count). The SMILES string of the molecule is CN(C)C1(c2cccc(F)c2)CCC2(CC1)CN(CCC(=O)O)C(=O)N2CC1CC1.[NaH]. The topological polar surface area (TPSA) is 64.1 Å². The molecule has 1 aliphatic heterocycles. The summed E-state index contributed by atoms with van der Waals surface area (Å²) in [7, 11) is 4.09. The molecule has 8 heteroatoms. The van der Waals surface area contributed by atoms with Gasteiger partial charge in [-0.1, -0.05) is 12.1 Å².